The molecule has 0 bridgehead atoms. The Kier molecular flexibility index (Phi) is 4.90. The Morgan fingerprint density at radius 2 is 1.59 bits per heavy atom. The molecule has 0 spiro atoms. The van der Waals surface area contributed by atoms with E-state index in [1.54, 1.807) is 0 Å². The lowest BCUT2D eigenvalue weighted by atomic mass is 9.69. The monoisotopic (exact) mass is 237 g/mol. The molecule has 2 aliphatic carbocycles. The molecule has 0 radical (unpaired) electrons. The Labute approximate surface area is 108 Å². The van der Waals surface area contributed by atoms with Gasteiger partial charge in [-0.1, -0.05) is 45.4 Å². The molecule has 2 rings (SSSR count). The first-order chi connectivity index (χ1) is 8.32. The van der Waals surface area contributed by atoms with Crippen LogP contribution in [0.1, 0.15) is 77.6 Å². The largest absolute Gasteiger partial charge is 0.316 e. The molecule has 2 fully saturated rings. The normalized spacial score (nSPS) is 27.9. The molecule has 0 saturated heterocycles. The molecule has 1 nitrogen and oxygen atoms in total. The Morgan fingerprint density at radius 1 is 1.00 bits per heavy atom. The Balaban J connectivity index is 2.07. The van der Waals surface area contributed by atoms with Crippen LogP contribution >= 0.6 is 0 Å². The third-order valence-electron chi connectivity index (χ3n) is 5.65. The zero-order chi connectivity index (χ0) is 12.1. The molecular weight excluding hydrogens is 206 g/mol. The van der Waals surface area contributed by atoms with Gasteiger partial charge in [0.15, 0.2) is 0 Å². The third kappa shape index (κ3) is 2.86. The number of rotatable bonds is 4. The molecule has 0 aromatic rings. The minimum absolute atomic E-state index is 0.643. The zero-order valence-corrected chi connectivity index (χ0v) is 11.9. The molecule has 1 unspecified atom stereocenters. The molecule has 1 N–H and O–H groups in total. The lowest BCUT2D eigenvalue weighted by Crippen LogP contribution is -2.47. The standard InChI is InChI=1S/C16H31N/c1-3-16(12-8-9-13-16)15(17-2)14-10-6-4-5-7-11-14/h14-15,17H,3-13H2,1-2H3. The van der Waals surface area contributed by atoms with Crippen LogP contribution in [0.4, 0.5) is 0 Å². The first kappa shape index (κ1) is 13.4. The van der Waals surface area contributed by atoms with E-state index in [1.165, 1.54) is 70.6 Å². The second-order valence-electron chi connectivity index (χ2n) is 6.44. The fourth-order valence-corrected chi connectivity index (χ4v) is 4.65. The summed E-state index contributed by atoms with van der Waals surface area (Å²) < 4.78 is 0. The molecule has 2 aliphatic rings. The van der Waals surface area contributed by atoms with E-state index in [0.717, 1.165) is 12.0 Å². The lowest BCUT2D eigenvalue weighted by Gasteiger charge is -2.41. The zero-order valence-electron chi connectivity index (χ0n) is 11.9. The van der Waals surface area contributed by atoms with Crippen molar-refractivity contribution in [2.75, 3.05) is 7.05 Å². The van der Waals surface area contributed by atoms with Crippen LogP contribution < -0.4 is 5.32 Å². The predicted octanol–water partition coefficient (Wildman–Crippen LogP) is 4.52. The van der Waals surface area contributed by atoms with Crippen molar-refractivity contribution < 1.29 is 0 Å². The van der Waals surface area contributed by atoms with Crippen molar-refractivity contribution in [1.29, 1.82) is 0 Å². The average Bonchev–Trinajstić information content (AvgIpc) is 2.68. The first-order valence-electron chi connectivity index (χ1n) is 7.99. The summed E-state index contributed by atoms with van der Waals surface area (Å²) in [5, 5.41) is 3.73. The van der Waals surface area contributed by atoms with Crippen LogP contribution in [0.15, 0.2) is 0 Å². The van der Waals surface area contributed by atoms with Crippen molar-refractivity contribution in [3.63, 3.8) is 0 Å². The summed E-state index contributed by atoms with van der Waals surface area (Å²) in [7, 11) is 2.21. The second-order valence-corrected chi connectivity index (χ2v) is 6.44. The maximum Gasteiger partial charge on any atom is 0.0149 e. The smallest absolute Gasteiger partial charge is 0.0149 e. The lowest BCUT2D eigenvalue weighted by molar-refractivity contribution is 0.129. The van der Waals surface area contributed by atoms with Crippen LogP contribution in [-0.4, -0.2) is 13.1 Å². The maximum atomic E-state index is 3.73. The molecular formula is C16H31N. The van der Waals surface area contributed by atoms with Gasteiger partial charge in [-0.2, -0.15) is 0 Å². The second kappa shape index (κ2) is 6.22. The van der Waals surface area contributed by atoms with E-state index in [-0.39, 0.29) is 0 Å². The summed E-state index contributed by atoms with van der Waals surface area (Å²) in [6.45, 7) is 2.42. The topological polar surface area (TPSA) is 12.0 Å². The van der Waals surface area contributed by atoms with Gasteiger partial charge in [-0.05, 0) is 50.5 Å². The van der Waals surface area contributed by atoms with Crippen molar-refractivity contribution in [3.05, 3.63) is 0 Å². The summed E-state index contributed by atoms with van der Waals surface area (Å²) in [4.78, 5) is 0. The summed E-state index contributed by atoms with van der Waals surface area (Å²) in [6.07, 6.45) is 16.1. The minimum Gasteiger partial charge on any atom is -0.316 e. The predicted molar refractivity (Wildman–Crippen MR) is 75.2 cm³/mol. The molecule has 0 heterocycles. The van der Waals surface area contributed by atoms with E-state index in [2.05, 4.69) is 19.3 Å². The van der Waals surface area contributed by atoms with Gasteiger partial charge in [0.25, 0.3) is 0 Å². The van der Waals surface area contributed by atoms with E-state index >= 15 is 0 Å². The quantitative estimate of drug-likeness (QED) is 0.709. The molecule has 17 heavy (non-hydrogen) atoms. The van der Waals surface area contributed by atoms with E-state index in [1.807, 2.05) is 0 Å². The van der Waals surface area contributed by atoms with Crippen LogP contribution in [0.25, 0.3) is 0 Å². The summed E-state index contributed by atoms with van der Waals surface area (Å²) in [6, 6.07) is 0.799. The van der Waals surface area contributed by atoms with Crippen molar-refractivity contribution in [3.8, 4) is 0 Å². The SMILES string of the molecule is CCC1(C(NC)C2CCCCCC2)CCCC1. The van der Waals surface area contributed by atoms with E-state index in [9.17, 15) is 0 Å². The summed E-state index contributed by atoms with van der Waals surface area (Å²) in [5.74, 6) is 0.959. The average molecular weight is 237 g/mol. The Bertz CT molecular complexity index is 210. The summed E-state index contributed by atoms with van der Waals surface area (Å²) in [5.41, 5.74) is 0.643. The maximum absolute atomic E-state index is 3.73. The molecule has 1 heteroatoms. The molecule has 0 aromatic carbocycles. The van der Waals surface area contributed by atoms with Crippen LogP contribution in [0.3, 0.4) is 0 Å². The highest BCUT2D eigenvalue weighted by Gasteiger charge is 2.42. The van der Waals surface area contributed by atoms with Gasteiger partial charge >= 0.3 is 0 Å². The van der Waals surface area contributed by atoms with Crippen molar-refractivity contribution in [2.45, 2.75) is 83.6 Å². The van der Waals surface area contributed by atoms with E-state index in [4.69, 9.17) is 0 Å². The van der Waals surface area contributed by atoms with Crippen molar-refractivity contribution >= 4 is 0 Å². The highest BCUT2D eigenvalue weighted by Crippen LogP contribution is 2.47. The van der Waals surface area contributed by atoms with Crippen LogP contribution in [0.2, 0.25) is 0 Å². The summed E-state index contributed by atoms with van der Waals surface area (Å²) >= 11 is 0. The number of nitrogens with one attached hydrogen (secondary N) is 1. The van der Waals surface area contributed by atoms with Gasteiger partial charge in [0, 0.05) is 6.04 Å². The third-order valence-corrected chi connectivity index (χ3v) is 5.65. The number of hydrogen-bond acceptors (Lipinski definition) is 1. The van der Waals surface area contributed by atoms with Gasteiger partial charge < -0.3 is 5.32 Å². The minimum atomic E-state index is 0.643. The Morgan fingerprint density at radius 3 is 2.06 bits per heavy atom. The molecule has 1 atom stereocenters. The van der Waals surface area contributed by atoms with E-state index in [0.29, 0.717) is 5.41 Å². The van der Waals surface area contributed by atoms with Gasteiger partial charge in [-0.15, -0.1) is 0 Å². The molecule has 2 saturated carbocycles. The molecule has 100 valence electrons. The fourth-order valence-electron chi connectivity index (χ4n) is 4.65. The van der Waals surface area contributed by atoms with Crippen molar-refractivity contribution in [2.24, 2.45) is 11.3 Å². The van der Waals surface area contributed by atoms with Crippen molar-refractivity contribution in [1.82, 2.24) is 5.32 Å². The van der Waals surface area contributed by atoms with Gasteiger partial charge in [-0.3, -0.25) is 0 Å². The van der Waals surface area contributed by atoms with Gasteiger partial charge in [0.2, 0.25) is 0 Å². The van der Waals surface area contributed by atoms with Crippen LogP contribution in [0.5, 0.6) is 0 Å². The molecule has 0 amide bonds. The highest BCUT2D eigenvalue weighted by molar-refractivity contribution is 4.96. The molecule has 0 aliphatic heterocycles. The number of hydrogen-bond donors (Lipinski definition) is 1. The van der Waals surface area contributed by atoms with Gasteiger partial charge in [0.05, 0.1) is 0 Å². The molecule has 0 aromatic heterocycles. The van der Waals surface area contributed by atoms with E-state index < -0.39 is 0 Å². The van der Waals surface area contributed by atoms with Crippen LogP contribution in [0, 0.1) is 11.3 Å². The van der Waals surface area contributed by atoms with Gasteiger partial charge in [0.1, 0.15) is 0 Å². The highest BCUT2D eigenvalue weighted by atomic mass is 14.9. The first-order valence-corrected chi connectivity index (χ1v) is 7.99. The van der Waals surface area contributed by atoms with Gasteiger partial charge in [-0.25, -0.2) is 0 Å². The Hall–Kier alpha value is -0.0400. The van der Waals surface area contributed by atoms with Crippen LogP contribution in [-0.2, 0) is 0 Å². The fraction of sp³-hybridized carbons (Fsp3) is 1.00.